The minimum Gasteiger partial charge on any atom is -0.342 e. The Morgan fingerprint density at radius 1 is 1.19 bits per heavy atom. The molecule has 0 atom stereocenters. The highest BCUT2D eigenvalue weighted by molar-refractivity contribution is 7.99. The Bertz CT molecular complexity index is 1020. The van der Waals surface area contributed by atoms with Crippen LogP contribution in [0.3, 0.4) is 0 Å². The van der Waals surface area contributed by atoms with Crippen LogP contribution in [0.5, 0.6) is 0 Å². The van der Waals surface area contributed by atoms with Crippen LogP contribution in [0.4, 0.5) is 4.39 Å². The summed E-state index contributed by atoms with van der Waals surface area (Å²) < 4.78 is 15.4. The van der Waals surface area contributed by atoms with E-state index in [2.05, 4.69) is 4.98 Å². The third-order valence-corrected chi connectivity index (χ3v) is 6.42. The number of carbonyl (C=O) groups excluding carboxylic acids is 1. The molecule has 4 rings (SSSR count). The minimum absolute atomic E-state index is 0.0745. The van der Waals surface area contributed by atoms with E-state index in [4.69, 9.17) is 0 Å². The first-order valence-corrected chi connectivity index (χ1v) is 10.6. The van der Waals surface area contributed by atoms with Crippen molar-refractivity contribution in [1.29, 1.82) is 0 Å². The molecule has 2 aromatic heterocycles. The number of rotatable bonds is 5. The maximum atomic E-state index is 13.2. The van der Waals surface area contributed by atoms with E-state index >= 15 is 0 Å². The zero-order chi connectivity index (χ0) is 18.8. The summed E-state index contributed by atoms with van der Waals surface area (Å²) in [5, 5.41) is 2.35. The Morgan fingerprint density at radius 2 is 1.93 bits per heavy atom. The number of carbonyl (C=O) groups is 1. The van der Waals surface area contributed by atoms with E-state index in [0.717, 1.165) is 31.5 Å². The fraction of sp³-hybridized carbons (Fsp3) is 0.316. The van der Waals surface area contributed by atoms with E-state index in [9.17, 15) is 14.0 Å². The van der Waals surface area contributed by atoms with Gasteiger partial charge < -0.3 is 4.90 Å². The van der Waals surface area contributed by atoms with E-state index in [1.807, 2.05) is 16.3 Å². The van der Waals surface area contributed by atoms with Gasteiger partial charge >= 0.3 is 0 Å². The number of nitrogens with zero attached hydrogens (tertiary/aromatic N) is 3. The molecule has 1 saturated heterocycles. The van der Waals surface area contributed by atoms with Crippen LogP contribution in [0.15, 0.2) is 45.7 Å². The van der Waals surface area contributed by atoms with Crippen molar-refractivity contribution in [2.24, 2.45) is 0 Å². The molecule has 1 aliphatic rings. The summed E-state index contributed by atoms with van der Waals surface area (Å²) >= 11 is 2.64. The number of thioether (sulfide) groups is 1. The van der Waals surface area contributed by atoms with Gasteiger partial charge in [0, 0.05) is 13.1 Å². The SMILES string of the molecule is O=C(CSc1nc2ccsc2c(=O)n1Cc1ccc(F)cc1)N1CCCC1. The molecule has 1 aromatic carbocycles. The summed E-state index contributed by atoms with van der Waals surface area (Å²) in [5.41, 5.74) is 1.33. The van der Waals surface area contributed by atoms with Crippen molar-refractivity contribution in [3.63, 3.8) is 0 Å². The molecule has 8 heteroatoms. The van der Waals surface area contributed by atoms with Gasteiger partial charge in [-0.05, 0) is 42.0 Å². The van der Waals surface area contributed by atoms with Crippen LogP contribution >= 0.6 is 23.1 Å². The van der Waals surface area contributed by atoms with Gasteiger partial charge in [0.1, 0.15) is 10.5 Å². The number of benzene rings is 1. The van der Waals surface area contributed by atoms with Gasteiger partial charge in [0.2, 0.25) is 5.91 Å². The van der Waals surface area contributed by atoms with Crippen molar-refractivity contribution in [3.8, 4) is 0 Å². The first-order chi connectivity index (χ1) is 13.1. The van der Waals surface area contributed by atoms with Crippen molar-refractivity contribution >= 4 is 39.2 Å². The van der Waals surface area contributed by atoms with E-state index in [0.29, 0.717) is 21.9 Å². The molecule has 140 valence electrons. The molecule has 1 fully saturated rings. The third kappa shape index (κ3) is 3.91. The van der Waals surface area contributed by atoms with Gasteiger partial charge in [0.25, 0.3) is 5.56 Å². The Labute approximate surface area is 163 Å². The third-order valence-electron chi connectivity index (χ3n) is 4.57. The van der Waals surface area contributed by atoms with Crippen LogP contribution in [0, 0.1) is 5.82 Å². The van der Waals surface area contributed by atoms with Crippen molar-refractivity contribution in [3.05, 3.63) is 57.4 Å². The number of hydrogen-bond acceptors (Lipinski definition) is 5. The second-order valence-corrected chi connectivity index (χ2v) is 8.28. The maximum Gasteiger partial charge on any atom is 0.272 e. The zero-order valence-electron chi connectivity index (χ0n) is 14.6. The summed E-state index contributed by atoms with van der Waals surface area (Å²) in [5.74, 6) is 0.0140. The van der Waals surface area contributed by atoms with Gasteiger partial charge in [-0.25, -0.2) is 9.37 Å². The molecule has 0 aliphatic carbocycles. The van der Waals surface area contributed by atoms with Crippen LogP contribution in [-0.2, 0) is 11.3 Å². The maximum absolute atomic E-state index is 13.2. The standard InChI is InChI=1S/C19H18FN3O2S2/c20-14-5-3-13(4-6-14)11-23-18(25)17-15(7-10-26-17)21-19(23)27-12-16(24)22-8-1-2-9-22/h3-7,10H,1-2,8-9,11-12H2. The molecule has 0 bridgehead atoms. The molecule has 3 heterocycles. The second-order valence-electron chi connectivity index (χ2n) is 6.42. The summed E-state index contributed by atoms with van der Waals surface area (Å²) in [6.45, 7) is 1.90. The number of halogens is 1. The Balaban J connectivity index is 1.64. The number of likely N-dealkylation sites (tertiary alicyclic amines) is 1. The highest BCUT2D eigenvalue weighted by atomic mass is 32.2. The molecule has 27 heavy (non-hydrogen) atoms. The molecule has 0 unspecified atom stereocenters. The lowest BCUT2D eigenvalue weighted by Gasteiger charge is -2.16. The molecule has 1 aliphatic heterocycles. The second kappa shape index (κ2) is 7.82. The lowest BCUT2D eigenvalue weighted by Crippen LogP contribution is -2.30. The topological polar surface area (TPSA) is 55.2 Å². The molecule has 5 nitrogen and oxygen atoms in total. The summed E-state index contributed by atoms with van der Waals surface area (Å²) in [6, 6.07) is 7.88. The largest absolute Gasteiger partial charge is 0.342 e. The predicted molar refractivity (Wildman–Crippen MR) is 106 cm³/mol. The fourth-order valence-corrected chi connectivity index (χ4v) is 4.81. The highest BCUT2D eigenvalue weighted by Crippen LogP contribution is 2.22. The molecule has 3 aromatic rings. The molecular formula is C19H18FN3O2S2. The molecule has 0 saturated carbocycles. The van der Waals surface area contributed by atoms with Gasteiger partial charge in [-0.3, -0.25) is 14.2 Å². The number of fused-ring (bicyclic) bond motifs is 1. The Hall–Kier alpha value is -2.19. The van der Waals surface area contributed by atoms with Gasteiger partial charge in [-0.15, -0.1) is 11.3 Å². The lowest BCUT2D eigenvalue weighted by atomic mass is 10.2. The highest BCUT2D eigenvalue weighted by Gasteiger charge is 2.20. The van der Waals surface area contributed by atoms with Crippen LogP contribution < -0.4 is 5.56 Å². The average Bonchev–Trinajstić information content (AvgIpc) is 3.35. The van der Waals surface area contributed by atoms with Crippen LogP contribution in [0.25, 0.3) is 10.2 Å². The fourth-order valence-electron chi connectivity index (χ4n) is 3.13. The van der Waals surface area contributed by atoms with Crippen molar-refractivity contribution in [2.45, 2.75) is 24.5 Å². The number of hydrogen-bond donors (Lipinski definition) is 0. The van der Waals surface area contributed by atoms with Crippen molar-refractivity contribution < 1.29 is 9.18 Å². The molecular weight excluding hydrogens is 385 g/mol. The number of amides is 1. The summed E-state index contributed by atoms with van der Waals surface area (Å²) in [4.78, 5) is 31.8. The zero-order valence-corrected chi connectivity index (χ0v) is 16.2. The smallest absolute Gasteiger partial charge is 0.272 e. The van der Waals surface area contributed by atoms with Gasteiger partial charge in [-0.1, -0.05) is 23.9 Å². The van der Waals surface area contributed by atoms with Gasteiger partial charge in [-0.2, -0.15) is 0 Å². The average molecular weight is 404 g/mol. The van der Waals surface area contributed by atoms with Crippen LogP contribution in [-0.4, -0.2) is 39.2 Å². The van der Waals surface area contributed by atoms with Gasteiger partial charge in [0.05, 0.1) is 17.8 Å². The molecule has 0 N–H and O–H groups in total. The van der Waals surface area contributed by atoms with E-state index in [1.165, 1.54) is 35.2 Å². The quantitative estimate of drug-likeness (QED) is 0.484. The van der Waals surface area contributed by atoms with Crippen molar-refractivity contribution in [2.75, 3.05) is 18.8 Å². The minimum atomic E-state index is -0.316. The lowest BCUT2D eigenvalue weighted by molar-refractivity contribution is -0.127. The predicted octanol–water partition coefficient (Wildman–Crippen LogP) is 3.36. The number of thiophene rings is 1. The summed E-state index contributed by atoms with van der Waals surface area (Å²) in [6.07, 6.45) is 2.09. The number of aromatic nitrogens is 2. The van der Waals surface area contributed by atoms with E-state index in [-0.39, 0.29) is 23.0 Å². The normalized spacial score (nSPS) is 14.2. The van der Waals surface area contributed by atoms with E-state index in [1.54, 1.807) is 16.7 Å². The Morgan fingerprint density at radius 3 is 2.67 bits per heavy atom. The van der Waals surface area contributed by atoms with Crippen molar-refractivity contribution in [1.82, 2.24) is 14.5 Å². The summed E-state index contributed by atoms with van der Waals surface area (Å²) in [7, 11) is 0. The van der Waals surface area contributed by atoms with Crippen LogP contribution in [0.2, 0.25) is 0 Å². The van der Waals surface area contributed by atoms with Crippen LogP contribution in [0.1, 0.15) is 18.4 Å². The first-order valence-electron chi connectivity index (χ1n) is 8.75. The van der Waals surface area contributed by atoms with E-state index < -0.39 is 0 Å². The molecule has 0 spiro atoms. The Kier molecular flexibility index (Phi) is 5.27. The van der Waals surface area contributed by atoms with Gasteiger partial charge in [0.15, 0.2) is 5.16 Å². The molecule has 1 amide bonds. The molecule has 0 radical (unpaired) electrons. The monoisotopic (exact) mass is 403 g/mol. The first kappa shape index (κ1) is 18.2.